The molecule has 0 radical (unpaired) electrons. The van der Waals surface area contributed by atoms with Crippen molar-refractivity contribution in [1.29, 1.82) is 0 Å². The maximum atomic E-state index is 13.3. The van der Waals surface area contributed by atoms with Crippen molar-refractivity contribution in [2.75, 3.05) is 0 Å². The number of fused-ring (bicyclic) bond motifs is 1. The predicted octanol–water partition coefficient (Wildman–Crippen LogP) is 4.60. The summed E-state index contributed by atoms with van der Waals surface area (Å²) in [6.07, 6.45) is 5.20. The van der Waals surface area contributed by atoms with Gasteiger partial charge in [0.05, 0.1) is 16.5 Å². The predicted molar refractivity (Wildman–Crippen MR) is 138 cm³/mol. The van der Waals surface area contributed by atoms with E-state index in [1.165, 1.54) is 6.20 Å². The summed E-state index contributed by atoms with van der Waals surface area (Å²) in [6, 6.07) is 19.1. The SMILES string of the molecule is CC(C)(Cc1ccc(-c2ccccc2)cc1-n1cc(C(=O)NC2CC2)c(=O)c2cccnc21)C(=O)O. The third-order valence-electron chi connectivity index (χ3n) is 6.58. The number of hydrogen-bond acceptors (Lipinski definition) is 4. The van der Waals surface area contributed by atoms with Crippen LogP contribution in [0.5, 0.6) is 0 Å². The fourth-order valence-electron chi connectivity index (χ4n) is 4.30. The Kier molecular flexibility index (Phi) is 5.92. The van der Waals surface area contributed by atoms with Crippen LogP contribution < -0.4 is 10.7 Å². The first-order chi connectivity index (χ1) is 17.2. The number of benzene rings is 2. The average molecular weight is 482 g/mol. The Morgan fingerprint density at radius 3 is 2.50 bits per heavy atom. The monoisotopic (exact) mass is 481 g/mol. The molecular formula is C29H27N3O4. The van der Waals surface area contributed by atoms with Gasteiger partial charge < -0.3 is 10.4 Å². The van der Waals surface area contributed by atoms with Crippen LogP contribution in [0.15, 0.2) is 77.9 Å². The van der Waals surface area contributed by atoms with E-state index in [0.29, 0.717) is 16.7 Å². The first-order valence-corrected chi connectivity index (χ1v) is 12.0. The Hall–Kier alpha value is -4.26. The van der Waals surface area contributed by atoms with Crippen LogP contribution in [0.2, 0.25) is 0 Å². The lowest BCUT2D eigenvalue weighted by Crippen LogP contribution is -2.31. The molecule has 5 rings (SSSR count). The van der Waals surface area contributed by atoms with Crippen molar-refractivity contribution in [2.24, 2.45) is 5.41 Å². The molecule has 1 saturated carbocycles. The Morgan fingerprint density at radius 1 is 1.06 bits per heavy atom. The van der Waals surface area contributed by atoms with Crippen LogP contribution in [0.4, 0.5) is 0 Å². The highest BCUT2D eigenvalue weighted by atomic mass is 16.4. The van der Waals surface area contributed by atoms with E-state index in [9.17, 15) is 19.5 Å². The van der Waals surface area contributed by atoms with Crippen LogP contribution in [-0.2, 0) is 11.2 Å². The third kappa shape index (κ3) is 4.52. The number of carboxylic acids is 1. The van der Waals surface area contributed by atoms with Crippen LogP contribution in [0.3, 0.4) is 0 Å². The van der Waals surface area contributed by atoms with E-state index in [2.05, 4.69) is 10.3 Å². The van der Waals surface area contributed by atoms with Crippen LogP contribution in [-0.4, -0.2) is 32.6 Å². The van der Waals surface area contributed by atoms with E-state index in [-0.39, 0.29) is 23.5 Å². The molecule has 0 bridgehead atoms. The second kappa shape index (κ2) is 9.07. The Balaban J connectivity index is 1.76. The van der Waals surface area contributed by atoms with Crippen LogP contribution in [0.25, 0.3) is 27.8 Å². The summed E-state index contributed by atoms with van der Waals surface area (Å²) >= 11 is 0. The lowest BCUT2D eigenvalue weighted by Gasteiger charge is -2.23. The highest BCUT2D eigenvalue weighted by Gasteiger charge is 2.30. The second-order valence-corrected chi connectivity index (χ2v) is 9.94. The molecule has 0 aliphatic heterocycles. The molecule has 1 amide bonds. The fraction of sp³-hybridized carbons (Fsp3) is 0.241. The molecule has 1 aliphatic rings. The zero-order valence-corrected chi connectivity index (χ0v) is 20.2. The third-order valence-corrected chi connectivity index (χ3v) is 6.58. The lowest BCUT2D eigenvalue weighted by molar-refractivity contribution is -0.146. The second-order valence-electron chi connectivity index (χ2n) is 9.94. The van der Waals surface area contributed by atoms with E-state index in [0.717, 1.165) is 29.5 Å². The number of hydrogen-bond donors (Lipinski definition) is 2. The number of amides is 1. The molecule has 1 aliphatic carbocycles. The van der Waals surface area contributed by atoms with Crippen molar-refractivity contribution in [2.45, 2.75) is 39.2 Å². The van der Waals surface area contributed by atoms with E-state index in [4.69, 9.17) is 0 Å². The van der Waals surface area contributed by atoms with Crippen molar-refractivity contribution in [1.82, 2.24) is 14.9 Å². The summed E-state index contributed by atoms with van der Waals surface area (Å²) in [5.41, 5.74) is 2.40. The van der Waals surface area contributed by atoms with Gasteiger partial charge in [-0.1, -0.05) is 42.5 Å². The minimum Gasteiger partial charge on any atom is -0.481 e. The van der Waals surface area contributed by atoms with Crippen molar-refractivity contribution in [3.8, 4) is 16.8 Å². The molecule has 7 heteroatoms. The highest BCUT2D eigenvalue weighted by Crippen LogP contribution is 2.31. The number of carbonyl (C=O) groups excluding carboxylic acids is 1. The molecule has 1 fully saturated rings. The summed E-state index contributed by atoms with van der Waals surface area (Å²) in [5, 5.41) is 13.0. The van der Waals surface area contributed by atoms with E-state index >= 15 is 0 Å². The Bertz CT molecular complexity index is 1540. The molecule has 0 atom stereocenters. The summed E-state index contributed by atoms with van der Waals surface area (Å²) < 4.78 is 1.75. The van der Waals surface area contributed by atoms with E-state index in [1.54, 1.807) is 36.7 Å². The summed E-state index contributed by atoms with van der Waals surface area (Å²) in [7, 11) is 0. The Labute approximate surface area is 208 Å². The highest BCUT2D eigenvalue weighted by molar-refractivity contribution is 5.97. The number of aromatic nitrogens is 2. The molecule has 0 unspecified atom stereocenters. The number of nitrogens with zero attached hydrogens (tertiary/aromatic N) is 2. The number of rotatable bonds is 7. The van der Waals surface area contributed by atoms with Gasteiger partial charge in [-0.2, -0.15) is 0 Å². The maximum Gasteiger partial charge on any atom is 0.309 e. The summed E-state index contributed by atoms with van der Waals surface area (Å²) in [5.74, 6) is -1.32. The zero-order valence-electron chi connectivity index (χ0n) is 20.2. The van der Waals surface area contributed by atoms with Crippen molar-refractivity contribution < 1.29 is 14.7 Å². The molecule has 2 heterocycles. The van der Waals surface area contributed by atoms with Gasteiger partial charge in [-0.25, -0.2) is 4.98 Å². The van der Waals surface area contributed by atoms with Gasteiger partial charge in [0.15, 0.2) is 0 Å². The van der Waals surface area contributed by atoms with Gasteiger partial charge in [0.1, 0.15) is 11.2 Å². The van der Waals surface area contributed by atoms with Crippen molar-refractivity contribution in [3.63, 3.8) is 0 Å². The lowest BCUT2D eigenvalue weighted by atomic mass is 9.84. The first-order valence-electron chi connectivity index (χ1n) is 12.0. The quantitative estimate of drug-likeness (QED) is 0.402. The van der Waals surface area contributed by atoms with Gasteiger partial charge in [0.2, 0.25) is 5.43 Å². The number of nitrogens with one attached hydrogen (secondary N) is 1. The molecule has 36 heavy (non-hydrogen) atoms. The molecular weight excluding hydrogens is 454 g/mol. The molecule has 0 saturated heterocycles. The number of carbonyl (C=O) groups is 2. The normalized spacial score (nSPS) is 13.5. The van der Waals surface area contributed by atoms with Gasteiger partial charge in [0.25, 0.3) is 5.91 Å². The standard InChI is InChI=1S/C29H27N3O4/c1-29(2,28(35)36)16-20-11-10-19(18-7-4-3-5-8-18)15-24(20)32-17-23(27(34)31-21-12-13-21)25(33)22-9-6-14-30-26(22)32/h3-11,14-15,17,21H,12-13,16H2,1-2H3,(H,31,34)(H,35,36). The van der Waals surface area contributed by atoms with Gasteiger partial charge in [-0.05, 0) is 68.0 Å². The fourth-order valence-corrected chi connectivity index (χ4v) is 4.30. The average Bonchev–Trinajstić information content (AvgIpc) is 3.69. The molecule has 4 aromatic rings. The molecule has 2 aromatic heterocycles. The topological polar surface area (TPSA) is 101 Å². The minimum atomic E-state index is -1.03. The maximum absolute atomic E-state index is 13.3. The number of aliphatic carboxylic acids is 1. The van der Waals surface area contributed by atoms with Gasteiger partial charge in [0, 0.05) is 18.4 Å². The van der Waals surface area contributed by atoms with E-state index in [1.807, 2.05) is 48.5 Å². The molecule has 182 valence electrons. The molecule has 2 N–H and O–H groups in total. The van der Waals surface area contributed by atoms with Gasteiger partial charge in [-0.15, -0.1) is 0 Å². The zero-order chi connectivity index (χ0) is 25.4. The molecule has 7 nitrogen and oxygen atoms in total. The van der Waals surface area contributed by atoms with Gasteiger partial charge >= 0.3 is 5.97 Å². The minimum absolute atomic E-state index is 0.0379. The van der Waals surface area contributed by atoms with Crippen molar-refractivity contribution >= 4 is 22.9 Å². The Morgan fingerprint density at radius 2 is 1.81 bits per heavy atom. The molecule has 2 aromatic carbocycles. The molecule has 0 spiro atoms. The summed E-state index contributed by atoms with van der Waals surface area (Å²) in [6.45, 7) is 3.36. The first kappa shape index (κ1) is 23.5. The van der Waals surface area contributed by atoms with Crippen LogP contribution in [0.1, 0.15) is 42.6 Å². The van der Waals surface area contributed by atoms with Gasteiger partial charge in [-0.3, -0.25) is 19.0 Å². The van der Waals surface area contributed by atoms with E-state index < -0.39 is 17.3 Å². The van der Waals surface area contributed by atoms with Crippen LogP contribution in [0, 0.1) is 5.41 Å². The van der Waals surface area contributed by atoms with Crippen molar-refractivity contribution in [3.05, 3.63) is 94.4 Å². The summed E-state index contributed by atoms with van der Waals surface area (Å²) in [4.78, 5) is 42.7. The smallest absolute Gasteiger partial charge is 0.309 e. The van der Waals surface area contributed by atoms with Crippen LogP contribution >= 0.6 is 0 Å². The largest absolute Gasteiger partial charge is 0.481 e. The number of carboxylic acid groups (broad SMARTS) is 1. The number of pyridine rings is 2.